The number of hydrogen-bond acceptors (Lipinski definition) is 4. The van der Waals surface area contributed by atoms with Crippen molar-refractivity contribution in [2.75, 3.05) is 18.5 Å². The van der Waals surface area contributed by atoms with E-state index in [0.29, 0.717) is 18.1 Å². The quantitative estimate of drug-likeness (QED) is 0.646. The van der Waals surface area contributed by atoms with Gasteiger partial charge in [0.1, 0.15) is 0 Å². The number of carbonyl (C=O) groups is 1. The Morgan fingerprint density at radius 1 is 0.964 bits per heavy atom. The van der Waals surface area contributed by atoms with E-state index < -0.39 is 5.97 Å². The third kappa shape index (κ3) is 5.16. The largest absolute Gasteiger partial charge is 0.478 e. The molecule has 1 N–H and O–H groups in total. The lowest BCUT2D eigenvalue weighted by Crippen LogP contribution is -2.24. The van der Waals surface area contributed by atoms with Gasteiger partial charge in [-0.1, -0.05) is 60.2 Å². The molecule has 0 spiro atoms. The average molecular weight is 375 g/mol. The Balaban J connectivity index is 1.72. The standard InChI is InChI=1S/C23H25N3O2/c1-17-8-10-19(11-9-17)12-13-21-20(22(27)28)16-24-23(25-21)26(2)15-14-18-6-4-3-5-7-18/h3-11,16H,12-15H2,1-2H3,(H,27,28). The van der Waals surface area contributed by atoms with Crippen LogP contribution in [-0.2, 0) is 19.3 Å². The van der Waals surface area contributed by atoms with Crippen molar-refractivity contribution in [1.29, 1.82) is 0 Å². The van der Waals surface area contributed by atoms with Gasteiger partial charge in [0.2, 0.25) is 5.95 Å². The zero-order valence-electron chi connectivity index (χ0n) is 16.3. The molecule has 0 amide bonds. The topological polar surface area (TPSA) is 66.3 Å². The summed E-state index contributed by atoms with van der Waals surface area (Å²) in [7, 11) is 1.93. The van der Waals surface area contributed by atoms with Gasteiger partial charge in [0.25, 0.3) is 0 Å². The van der Waals surface area contributed by atoms with Gasteiger partial charge in [0.15, 0.2) is 0 Å². The van der Waals surface area contributed by atoms with Crippen LogP contribution in [0.3, 0.4) is 0 Å². The minimum absolute atomic E-state index is 0.173. The highest BCUT2D eigenvalue weighted by Gasteiger charge is 2.15. The molecule has 0 aliphatic carbocycles. The normalized spacial score (nSPS) is 10.6. The molecule has 0 fully saturated rings. The maximum Gasteiger partial charge on any atom is 0.339 e. The summed E-state index contributed by atoms with van der Waals surface area (Å²) in [6, 6.07) is 18.5. The number of aryl methyl sites for hydroxylation is 3. The molecule has 28 heavy (non-hydrogen) atoms. The summed E-state index contributed by atoms with van der Waals surface area (Å²) < 4.78 is 0. The minimum Gasteiger partial charge on any atom is -0.478 e. The number of likely N-dealkylation sites (N-methyl/N-ethyl adjacent to an activating group) is 1. The zero-order chi connectivity index (χ0) is 19.9. The van der Waals surface area contributed by atoms with Gasteiger partial charge in [0, 0.05) is 19.8 Å². The van der Waals surface area contributed by atoms with Crippen molar-refractivity contribution in [3.8, 4) is 0 Å². The first-order chi connectivity index (χ1) is 13.5. The summed E-state index contributed by atoms with van der Waals surface area (Å²) in [4.78, 5) is 22.4. The Morgan fingerprint density at radius 2 is 1.64 bits per heavy atom. The van der Waals surface area contributed by atoms with Crippen molar-refractivity contribution in [3.63, 3.8) is 0 Å². The summed E-state index contributed by atoms with van der Waals surface area (Å²) in [6.07, 6.45) is 3.60. The van der Waals surface area contributed by atoms with Crippen LogP contribution in [-0.4, -0.2) is 34.6 Å². The Bertz CT molecular complexity index is 924. The van der Waals surface area contributed by atoms with E-state index >= 15 is 0 Å². The number of benzene rings is 2. The van der Waals surface area contributed by atoms with Crippen molar-refractivity contribution in [2.45, 2.75) is 26.2 Å². The van der Waals surface area contributed by atoms with E-state index in [4.69, 9.17) is 0 Å². The summed E-state index contributed by atoms with van der Waals surface area (Å²) in [5.74, 6) is -0.433. The van der Waals surface area contributed by atoms with Gasteiger partial charge in [-0.2, -0.15) is 0 Å². The molecule has 0 atom stereocenters. The minimum atomic E-state index is -0.989. The molecule has 5 nitrogen and oxygen atoms in total. The first kappa shape index (κ1) is 19.5. The average Bonchev–Trinajstić information content (AvgIpc) is 2.72. The second-order valence-corrected chi connectivity index (χ2v) is 6.98. The van der Waals surface area contributed by atoms with Crippen LogP contribution in [0.5, 0.6) is 0 Å². The number of anilines is 1. The van der Waals surface area contributed by atoms with Crippen molar-refractivity contribution in [3.05, 3.63) is 88.7 Å². The number of nitrogens with zero attached hydrogens (tertiary/aromatic N) is 3. The molecule has 2 aromatic carbocycles. The van der Waals surface area contributed by atoms with Crippen LogP contribution in [0.2, 0.25) is 0 Å². The summed E-state index contributed by atoms with van der Waals surface area (Å²) in [6.45, 7) is 2.81. The van der Waals surface area contributed by atoms with Crippen molar-refractivity contribution in [2.24, 2.45) is 0 Å². The maximum atomic E-state index is 11.6. The highest BCUT2D eigenvalue weighted by atomic mass is 16.4. The zero-order valence-corrected chi connectivity index (χ0v) is 16.3. The fourth-order valence-corrected chi connectivity index (χ4v) is 3.02. The second kappa shape index (κ2) is 9.13. The predicted octanol–water partition coefficient (Wildman–Crippen LogP) is 3.95. The number of hydrogen-bond donors (Lipinski definition) is 1. The maximum absolute atomic E-state index is 11.6. The SMILES string of the molecule is Cc1ccc(CCc2nc(N(C)CCc3ccccc3)ncc2C(=O)O)cc1. The molecule has 0 bridgehead atoms. The third-order valence-corrected chi connectivity index (χ3v) is 4.78. The van der Waals surface area contributed by atoms with Gasteiger partial charge in [-0.05, 0) is 37.3 Å². The fraction of sp³-hybridized carbons (Fsp3) is 0.261. The summed E-state index contributed by atoms with van der Waals surface area (Å²) >= 11 is 0. The van der Waals surface area contributed by atoms with Crippen LogP contribution in [0.1, 0.15) is 32.7 Å². The molecule has 0 radical (unpaired) electrons. The molecule has 0 unspecified atom stereocenters. The number of aromatic nitrogens is 2. The van der Waals surface area contributed by atoms with E-state index in [2.05, 4.69) is 46.4 Å². The number of rotatable bonds is 8. The van der Waals surface area contributed by atoms with Gasteiger partial charge in [-0.25, -0.2) is 14.8 Å². The van der Waals surface area contributed by atoms with Crippen LogP contribution >= 0.6 is 0 Å². The predicted molar refractivity (Wildman–Crippen MR) is 111 cm³/mol. The smallest absolute Gasteiger partial charge is 0.339 e. The van der Waals surface area contributed by atoms with E-state index in [-0.39, 0.29) is 5.56 Å². The molecule has 0 saturated heterocycles. The lowest BCUT2D eigenvalue weighted by Gasteiger charge is -2.18. The highest BCUT2D eigenvalue weighted by Crippen LogP contribution is 2.15. The molecule has 5 heteroatoms. The Hall–Kier alpha value is -3.21. The Morgan fingerprint density at radius 3 is 2.32 bits per heavy atom. The summed E-state index contributed by atoms with van der Waals surface area (Å²) in [5.41, 5.74) is 4.37. The van der Waals surface area contributed by atoms with E-state index in [9.17, 15) is 9.90 Å². The van der Waals surface area contributed by atoms with Crippen LogP contribution < -0.4 is 4.90 Å². The van der Waals surface area contributed by atoms with E-state index in [1.54, 1.807) is 0 Å². The van der Waals surface area contributed by atoms with Gasteiger partial charge in [-0.15, -0.1) is 0 Å². The van der Waals surface area contributed by atoms with Crippen LogP contribution in [0.4, 0.5) is 5.95 Å². The Labute approximate surface area is 165 Å². The molecule has 144 valence electrons. The van der Waals surface area contributed by atoms with Crippen molar-refractivity contribution >= 4 is 11.9 Å². The molecular weight excluding hydrogens is 350 g/mol. The fourth-order valence-electron chi connectivity index (χ4n) is 3.02. The molecule has 1 aromatic heterocycles. The highest BCUT2D eigenvalue weighted by molar-refractivity contribution is 5.88. The van der Waals surface area contributed by atoms with E-state index in [0.717, 1.165) is 19.4 Å². The lowest BCUT2D eigenvalue weighted by atomic mass is 10.0. The first-order valence-corrected chi connectivity index (χ1v) is 9.43. The molecule has 0 aliphatic rings. The molecule has 1 heterocycles. The molecule has 3 rings (SSSR count). The Kier molecular flexibility index (Phi) is 6.37. The van der Waals surface area contributed by atoms with Crippen molar-refractivity contribution in [1.82, 2.24) is 9.97 Å². The molecule has 0 saturated carbocycles. The van der Waals surface area contributed by atoms with Crippen LogP contribution in [0, 0.1) is 6.92 Å². The van der Waals surface area contributed by atoms with Crippen molar-refractivity contribution < 1.29 is 9.90 Å². The monoisotopic (exact) mass is 375 g/mol. The number of carboxylic acid groups (broad SMARTS) is 1. The van der Waals surface area contributed by atoms with Gasteiger partial charge in [0.05, 0.1) is 11.3 Å². The van der Waals surface area contributed by atoms with Gasteiger partial charge < -0.3 is 10.0 Å². The number of carboxylic acids is 1. The second-order valence-electron chi connectivity index (χ2n) is 6.98. The number of aromatic carboxylic acids is 1. The van der Waals surface area contributed by atoms with Gasteiger partial charge in [-0.3, -0.25) is 0 Å². The summed E-state index contributed by atoms with van der Waals surface area (Å²) in [5, 5.41) is 9.49. The molecule has 3 aromatic rings. The van der Waals surface area contributed by atoms with Crippen LogP contribution in [0.25, 0.3) is 0 Å². The van der Waals surface area contributed by atoms with E-state index in [1.165, 1.54) is 22.9 Å². The first-order valence-electron chi connectivity index (χ1n) is 9.43. The van der Waals surface area contributed by atoms with Gasteiger partial charge >= 0.3 is 5.97 Å². The van der Waals surface area contributed by atoms with Crippen LogP contribution in [0.15, 0.2) is 60.8 Å². The molecule has 0 aliphatic heterocycles. The third-order valence-electron chi connectivity index (χ3n) is 4.78. The van der Waals surface area contributed by atoms with E-state index in [1.807, 2.05) is 37.1 Å². The lowest BCUT2D eigenvalue weighted by molar-refractivity contribution is 0.0694. The molecular formula is C23H25N3O2.